The summed E-state index contributed by atoms with van der Waals surface area (Å²) in [6, 6.07) is 17.3. The monoisotopic (exact) mass is 268 g/mol. The van der Waals surface area contributed by atoms with Gasteiger partial charge in [0, 0.05) is 12.0 Å². The SMILES string of the molecule is C=C(Cc1ccc(OCc2ccccc2)cc1)C(=O)O. The number of aliphatic carboxylic acids is 1. The van der Waals surface area contributed by atoms with Crippen LogP contribution in [-0.4, -0.2) is 11.1 Å². The molecule has 0 aromatic heterocycles. The molecule has 3 nitrogen and oxygen atoms in total. The molecule has 0 unspecified atom stereocenters. The Morgan fingerprint density at radius 2 is 1.65 bits per heavy atom. The molecule has 0 amide bonds. The van der Waals surface area contributed by atoms with Crippen LogP contribution in [0.1, 0.15) is 11.1 Å². The Balaban J connectivity index is 1.91. The van der Waals surface area contributed by atoms with Crippen LogP contribution in [0.25, 0.3) is 0 Å². The molecule has 20 heavy (non-hydrogen) atoms. The van der Waals surface area contributed by atoms with Crippen molar-refractivity contribution in [2.75, 3.05) is 0 Å². The van der Waals surface area contributed by atoms with Crippen molar-refractivity contribution in [2.45, 2.75) is 13.0 Å². The molecule has 2 aromatic carbocycles. The van der Waals surface area contributed by atoms with Gasteiger partial charge in [0.15, 0.2) is 0 Å². The van der Waals surface area contributed by atoms with Gasteiger partial charge in [-0.1, -0.05) is 49.0 Å². The molecule has 0 atom stereocenters. The first-order valence-corrected chi connectivity index (χ1v) is 6.32. The molecule has 0 aliphatic rings. The Hall–Kier alpha value is -2.55. The van der Waals surface area contributed by atoms with Crippen LogP contribution >= 0.6 is 0 Å². The van der Waals surface area contributed by atoms with Crippen molar-refractivity contribution in [1.29, 1.82) is 0 Å². The summed E-state index contributed by atoms with van der Waals surface area (Å²) in [5.41, 5.74) is 2.20. The fraction of sp³-hybridized carbons (Fsp3) is 0.118. The number of benzene rings is 2. The lowest BCUT2D eigenvalue weighted by atomic mass is 10.1. The number of carbonyl (C=O) groups is 1. The van der Waals surface area contributed by atoms with E-state index in [1.54, 1.807) is 0 Å². The van der Waals surface area contributed by atoms with E-state index in [-0.39, 0.29) is 5.57 Å². The van der Waals surface area contributed by atoms with Gasteiger partial charge in [-0.05, 0) is 23.3 Å². The standard InChI is InChI=1S/C17H16O3/c1-13(17(18)19)11-14-7-9-16(10-8-14)20-12-15-5-3-2-4-6-15/h2-10H,1,11-12H2,(H,18,19). The molecule has 2 aromatic rings. The predicted octanol–water partition coefficient (Wildman–Crippen LogP) is 3.45. The van der Waals surface area contributed by atoms with Crippen LogP contribution in [0.15, 0.2) is 66.7 Å². The minimum atomic E-state index is -0.964. The van der Waals surface area contributed by atoms with Gasteiger partial charge in [0.25, 0.3) is 0 Å². The van der Waals surface area contributed by atoms with E-state index in [1.807, 2.05) is 54.6 Å². The lowest BCUT2D eigenvalue weighted by Crippen LogP contribution is -2.02. The molecular weight excluding hydrogens is 252 g/mol. The summed E-state index contributed by atoms with van der Waals surface area (Å²) < 4.78 is 5.66. The second-order valence-corrected chi connectivity index (χ2v) is 4.50. The van der Waals surface area contributed by atoms with Gasteiger partial charge in [-0.25, -0.2) is 4.79 Å². The first kappa shape index (κ1) is 13.9. The number of rotatable bonds is 6. The first-order valence-electron chi connectivity index (χ1n) is 6.32. The minimum absolute atomic E-state index is 0.183. The maximum atomic E-state index is 10.7. The molecule has 0 radical (unpaired) electrons. The van der Waals surface area contributed by atoms with Crippen LogP contribution in [-0.2, 0) is 17.8 Å². The topological polar surface area (TPSA) is 46.5 Å². The van der Waals surface area contributed by atoms with Crippen LogP contribution in [0.2, 0.25) is 0 Å². The normalized spacial score (nSPS) is 10.0. The van der Waals surface area contributed by atoms with Crippen molar-refractivity contribution < 1.29 is 14.6 Å². The van der Waals surface area contributed by atoms with Gasteiger partial charge in [0.05, 0.1) is 0 Å². The molecular formula is C17H16O3. The molecule has 2 rings (SSSR count). The Kier molecular flexibility index (Phi) is 4.56. The second-order valence-electron chi connectivity index (χ2n) is 4.50. The Morgan fingerprint density at radius 1 is 1.00 bits per heavy atom. The zero-order valence-electron chi connectivity index (χ0n) is 11.1. The summed E-state index contributed by atoms with van der Waals surface area (Å²) in [5.74, 6) is -0.201. The first-order chi connectivity index (χ1) is 9.65. The van der Waals surface area contributed by atoms with Gasteiger partial charge in [-0.2, -0.15) is 0 Å². The van der Waals surface area contributed by atoms with E-state index in [0.29, 0.717) is 13.0 Å². The molecule has 1 N–H and O–H groups in total. The molecule has 0 aliphatic heterocycles. The fourth-order valence-corrected chi connectivity index (χ4v) is 1.77. The largest absolute Gasteiger partial charge is 0.489 e. The highest BCUT2D eigenvalue weighted by molar-refractivity contribution is 5.86. The Labute approximate surface area is 118 Å². The van der Waals surface area contributed by atoms with Gasteiger partial charge < -0.3 is 9.84 Å². The summed E-state index contributed by atoms with van der Waals surface area (Å²) in [6.07, 6.45) is 0.342. The summed E-state index contributed by atoms with van der Waals surface area (Å²) in [6.45, 7) is 4.03. The van der Waals surface area contributed by atoms with Crippen LogP contribution in [0, 0.1) is 0 Å². The van der Waals surface area contributed by atoms with Crippen LogP contribution in [0.3, 0.4) is 0 Å². The van der Waals surface area contributed by atoms with E-state index < -0.39 is 5.97 Å². The Bertz CT molecular complexity index is 585. The highest BCUT2D eigenvalue weighted by Crippen LogP contribution is 2.16. The van der Waals surface area contributed by atoms with Gasteiger partial charge in [-0.3, -0.25) is 0 Å². The molecule has 102 valence electrons. The number of hydrogen-bond donors (Lipinski definition) is 1. The number of carboxylic acids is 1. The van der Waals surface area contributed by atoms with Gasteiger partial charge in [0.2, 0.25) is 0 Å². The van der Waals surface area contributed by atoms with Gasteiger partial charge in [-0.15, -0.1) is 0 Å². The van der Waals surface area contributed by atoms with E-state index in [1.165, 1.54) is 0 Å². The maximum absolute atomic E-state index is 10.7. The van der Waals surface area contributed by atoms with E-state index >= 15 is 0 Å². The summed E-state index contributed by atoms with van der Waals surface area (Å²) in [5, 5.41) is 8.78. The maximum Gasteiger partial charge on any atom is 0.331 e. The predicted molar refractivity (Wildman–Crippen MR) is 77.7 cm³/mol. The molecule has 0 bridgehead atoms. The number of ether oxygens (including phenoxy) is 1. The van der Waals surface area contributed by atoms with Crippen LogP contribution in [0.4, 0.5) is 0 Å². The van der Waals surface area contributed by atoms with E-state index in [2.05, 4.69) is 6.58 Å². The lowest BCUT2D eigenvalue weighted by Gasteiger charge is -2.07. The van der Waals surface area contributed by atoms with E-state index in [4.69, 9.17) is 9.84 Å². The number of carboxylic acid groups (broad SMARTS) is 1. The molecule has 0 fully saturated rings. The van der Waals surface area contributed by atoms with Crippen LogP contribution in [0.5, 0.6) is 5.75 Å². The van der Waals surface area contributed by atoms with Crippen molar-refractivity contribution in [2.24, 2.45) is 0 Å². The third-order valence-electron chi connectivity index (χ3n) is 2.89. The van der Waals surface area contributed by atoms with Crippen molar-refractivity contribution >= 4 is 5.97 Å². The average Bonchev–Trinajstić information content (AvgIpc) is 2.47. The molecule has 0 saturated heterocycles. The summed E-state index contributed by atoms with van der Waals surface area (Å²) in [4.78, 5) is 10.7. The van der Waals surface area contributed by atoms with Crippen LogP contribution < -0.4 is 4.74 Å². The lowest BCUT2D eigenvalue weighted by molar-refractivity contribution is -0.132. The molecule has 3 heteroatoms. The third kappa shape index (κ3) is 3.99. The third-order valence-corrected chi connectivity index (χ3v) is 2.89. The van der Waals surface area contributed by atoms with Gasteiger partial charge >= 0.3 is 5.97 Å². The van der Waals surface area contributed by atoms with Crippen molar-refractivity contribution in [1.82, 2.24) is 0 Å². The van der Waals surface area contributed by atoms with Crippen molar-refractivity contribution in [3.63, 3.8) is 0 Å². The van der Waals surface area contributed by atoms with Crippen molar-refractivity contribution in [3.05, 3.63) is 77.9 Å². The summed E-state index contributed by atoms with van der Waals surface area (Å²) in [7, 11) is 0. The molecule has 0 saturated carbocycles. The zero-order valence-corrected chi connectivity index (χ0v) is 11.1. The molecule has 0 spiro atoms. The smallest absolute Gasteiger partial charge is 0.331 e. The van der Waals surface area contributed by atoms with E-state index in [0.717, 1.165) is 16.9 Å². The number of hydrogen-bond acceptors (Lipinski definition) is 2. The van der Waals surface area contributed by atoms with Gasteiger partial charge in [0.1, 0.15) is 12.4 Å². The molecule has 0 aliphatic carbocycles. The minimum Gasteiger partial charge on any atom is -0.489 e. The highest BCUT2D eigenvalue weighted by Gasteiger charge is 2.05. The fourth-order valence-electron chi connectivity index (χ4n) is 1.77. The van der Waals surface area contributed by atoms with E-state index in [9.17, 15) is 4.79 Å². The second kappa shape index (κ2) is 6.57. The Morgan fingerprint density at radius 3 is 2.25 bits per heavy atom. The van der Waals surface area contributed by atoms with Crippen molar-refractivity contribution in [3.8, 4) is 5.75 Å². The molecule has 0 heterocycles. The highest BCUT2D eigenvalue weighted by atomic mass is 16.5. The summed E-state index contributed by atoms with van der Waals surface area (Å²) >= 11 is 0. The average molecular weight is 268 g/mol. The zero-order chi connectivity index (χ0) is 14.4. The quantitative estimate of drug-likeness (QED) is 0.816.